The first-order chi connectivity index (χ1) is 14.7. The summed E-state index contributed by atoms with van der Waals surface area (Å²) in [7, 11) is 0. The van der Waals surface area contributed by atoms with Crippen molar-refractivity contribution in [1.82, 2.24) is 4.57 Å². The maximum atomic E-state index is 13.9. The first kappa shape index (κ1) is 19.6. The second-order valence-corrected chi connectivity index (χ2v) is 9.27. The van der Waals surface area contributed by atoms with Crippen LogP contribution in [0.1, 0.15) is 30.7 Å². The molecule has 4 aromatic rings. The fraction of sp³-hybridized carbons (Fsp3) is 0.167. The number of hydrogen-bond donors (Lipinski definition) is 1. The molecule has 1 N–H and O–H groups in total. The largest absolute Gasteiger partial charge is 0.505 e. The molecule has 156 valence electrons. The average molecular weight is 435 g/mol. The summed E-state index contributed by atoms with van der Waals surface area (Å²) < 4.78 is 20.9. The van der Waals surface area contributed by atoms with Gasteiger partial charge in [-0.1, -0.05) is 43.3 Å². The van der Waals surface area contributed by atoms with Crippen LogP contribution in [0, 0.1) is 12.7 Å². The second kappa shape index (κ2) is 6.59. The van der Waals surface area contributed by atoms with Crippen molar-refractivity contribution < 1.29 is 13.9 Å². The zero-order valence-corrected chi connectivity index (χ0v) is 17.8. The second-order valence-electron chi connectivity index (χ2n) is 8.18. The quantitative estimate of drug-likeness (QED) is 0.486. The van der Waals surface area contributed by atoms with Crippen LogP contribution in [-0.2, 0) is 5.41 Å². The van der Waals surface area contributed by atoms with Crippen LogP contribution in [-0.4, -0.2) is 9.67 Å². The van der Waals surface area contributed by atoms with E-state index >= 15 is 0 Å². The Morgan fingerprint density at radius 1 is 1.10 bits per heavy atom. The van der Waals surface area contributed by atoms with Gasteiger partial charge in [0.25, 0.3) is 5.56 Å². The molecule has 1 aliphatic heterocycles. The number of hydrogen-bond acceptors (Lipinski definition) is 5. The van der Waals surface area contributed by atoms with Gasteiger partial charge in [-0.15, -0.1) is 0 Å². The number of aryl methyl sites for hydroxylation is 1. The minimum Gasteiger partial charge on any atom is -0.505 e. The monoisotopic (exact) mass is 435 g/mol. The fourth-order valence-corrected chi connectivity index (χ4v) is 5.12. The van der Waals surface area contributed by atoms with Crippen LogP contribution in [0.15, 0.2) is 72.3 Å². The Balaban J connectivity index is 1.80. The molecule has 0 saturated heterocycles. The highest BCUT2D eigenvalue weighted by Gasteiger charge is 2.38. The van der Waals surface area contributed by atoms with Crippen molar-refractivity contribution >= 4 is 22.7 Å². The Morgan fingerprint density at radius 2 is 1.87 bits per heavy atom. The maximum absolute atomic E-state index is 13.9. The van der Waals surface area contributed by atoms with Crippen LogP contribution in [0.3, 0.4) is 0 Å². The predicted molar refractivity (Wildman–Crippen MR) is 117 cm³/mol. The number of aromatic hydroxyl groups is 1. The molecular formula is C24H18FNO4S. The van der Waals surface area contributed by atoms with E-state index in [0.29, 0.717) is 16.9 Å². The van der Waals surface area contributed by atoms with Crippen molar-refractivity contribution in [1.29, 1.82) is 0 Å². The molecule has 0 fully saturated rings. The maximum Gasteiger partial charge on any atom is 0.354 e. The van der Waals surface area contributed by atoms with Crippen molar-refractivity contribution in [2.24, 2.45) is 0 Å². The van der Waals surface area contributed by atoms with E-state index in [9.17, 15) is 19.1 Å². The summed E-state index contributed by atoms with van der Waals surface area (Å²) in [5.41, 5.74) is 0.842. The Bertz CT molecular complexity index is 1520. The Kier molecular flexibility index (Phi) is 4.17. The number of rotatable bonds is 2. The highest BCUT2D eigenvalue weighted by atomic mass is 32.2. The lowest BCUT2D eigenvalue weighted by molar-refractivity contribution is 0.445. The van der Waals surface area contributed by atoms with Crippen molar-refractivity contribution in [3.8, 4) is 11.4 Å². The summed E-state index contributed by atoms with van der Waals surface area (Å²) in [6.45, 7) is 5.66. The standard InChI is InChI=1S/C24H18FNO4S/c1-12-5-4-6-14(9-12)31-21-20(27)19-17(30-23(21)29)11-18-24(2,3)15-10-13(25)7-8-16(15)26(18)22(19)28/h4-11,27H,1-3H3. The molecular weight excluding hydrogens is 417 g/mol. The summed E-state index contributed by atoms with van der Waals surface area (Å²) in [6.07, 6.45) is 0. The van der Waals surface area contributed by atoms with Crippen molar-refractivity contribution in [2.75, 3.05) is 0 Å². The van der Waals surface area contributed by atoms with E-state index in [2.05, 4.69) is 0 Å². The van der Waals surface area contributed by atoms with Crippen LogP contribution >= 0.6 is 11.8 Å². The van der Waals surface area contributed by atoms with Gasteiger partial charge >= 0.3 is 5.63 Å². The third kappa shape index (κ3) is 2.84. The number of fused-ring (bicyclic) bond motifs is 4. The zero-order valence-electron chi connectivity index (χ0n) is 17.0. The molecule has 2 aromatic carbocycles. The fourth-order valence-electron chi connectivity index (χ4n) is 4.17. The van der Waals surface area contributed by atoms with E-state index < -0.39 is 28.2 Å². The van der Waals surface area contributed by atoms with Gasteiger partial charge < -0.3 is 9.52 Å². The van der Waals surface area contributed by atoms with Gasteiger partial charge in [-0.2, -0.15) is 0 Å². The Labute approximate surface area is 180 Å². The van der Waals surface area contributed by atoms with Crippen LogP contribution in [0.4, 0.5) is 4.39 Å². The Morgan fingerprint density at radius 3 is 2.61 bits per heavy atom. The molecule has 0 aliphatic carbocycles. The molecule has 5 nitrogen and oxygen atoms in total. The molecule has 2 aromatic heterocycles. The SMILES string of the molecule is Cc1cccc(Sc2c(O)c3c(=O)n4c(cc3oc2=O)C(C)(C)c2cc(F)ccc2-4)c1. The summed E-state index contributed by atoms with van der Waals surface area (Å²) in [5.74, 6) is -0.810. The topological polar surface area (TPSA) is 72.4 Å². The zero-order chi connectivity index (χ0) is 22.1. The van der Waals surface area contributed by atoms with Gasteiger partial charge in [-0.25, -0.2) is 9.18 Å². The number of pyridine rings is 1. The number of nitrogens with zero attached hydrogens (tertiary/aromatic N) is 1. The lowest BCUT2D eigenvalue weighted by Crippen LogP contribution is -2.24. The number of aromatic nitrogens is 1. The first-order valence-corrected chi connectivity index (χ1v) is 10.5. The van der Waals surface area contributed by atoms with Gasteiger partial charge in [0.05, 0.1) is 5.69 Å². The molecule has 0 amide bonds. The molecule has 0 spiro atoms. The minimum atomic E-state index is -0.722. The number of halogens is 1. The lowest BCUT2D eigenvalue weighted by Gasteiger charge is -2.20. The summed E-state index contributed by atoms with van der Waals surface area (Å²) in [4.78, 5) is 26.8. The molecule has 31 heavy (non-hydrogen) atoms. The predicted octanol–water partition coefficient (Wildman–Crippen LogP) is 4.89. The normalized spacial score (nSPS) is 13.9. The minimum absolute atomic E-state index is 0.00805. The first-order valence-electron chi connectivity index (χ1n) is 9.69. The van der Waals surface area contributed by atoms with E-state index in [1.165, 1.54) is 16.7 Å². The Hall–Kier alpha value is -3.32. The molecule has 0 saturated carbocycles. The van der Waals surface area contributed by atoms with Gasteiger partial charge in [0.1, 0.15) is 21.7 Å². The van der Waals surface area contributed by atoms with Crippen LogP contribution in [0.2, 0.25) is 0 Å². The molecule has 5 rings (SSSR count). The smallest absolute Gasteiger partial charge is 0.354 e. The lowest BCUT2D eigenvalue weighted by atomic mass is 9.83. The molecule has 0 unspecified atom stereocenters. The molecule has 0 radical (unpaired) electrons. The van der Waals surface area contributed by atoms with Gasteiger partial charge in [-0.05, 0) is 42.8 Å². The molecule has 1 aliphatic rings. The van der Waals surface area contributed by atoms with Gasteiger partial charge in [0, 0.05) is 22.1 Å². The van der Waals surface area contributed by atoms with Crippen LogP contribution in [0.5, 0.6) is 5.75 Å². The van der Waals surface area contributed by atoms with Crippen molar-refractivity contribution in [3.63, 3.8) is 0 Å². The van der Waals surface area contributed by atoms with E-state index in [1.54, 1.807) is 12.1 Å². The molecule has 7 heteroatoms. The third-order valence-electron chi connectivity index (χ3n) is 5.73. The molecule has 0 atom stereocenters. The summed E-state index contributed by atoms with van der Waals surface area (Å²) in [5, 5.41) is 10.9. The third-order valence-corrected chi connectivity index (χ3v) is 6.79. The van der Waals surface area contributed by atoms with E-state index in [0.717, 1.165) is 22.2 Å². The molecule has 3 heterocycles. The summed E-state index contributed by atoms with van der Waals surface area (Å²) in [6, 6.07) is 13.3. The van der Waals surface area contributed by atoms with Crippen molar-refractivity contribution in [3.05, 3.63) is 91.9 Å². The molecule has 0 bridgehead atoms. The van der Waals surface area contributed by atoms with E-state index in [4.69, 9.17) is 4.42 Å². The van der Waals surface area contributed by atoms with Gasteiger partial charge in [-0.3, -0.25) is 9.36 Å². The van der Waals surface area contributed by atoms with Gasteiger partial charge in [0.15, 0.2) is 5.75 Å². The van der Waals surface area contributed by atoms with E-state index in [-0.39, 0.29) is 15.9 Å². The van der Waals surface area contributed by atoms with E-state index in [1.807, 2.05) is 45.0 Å². The van der Waals surface area contributed by atoms with Crippen LogP contribution < -0.4 is 11.2 Å². The van der Waals surface area contributed by atoms with Crippen molar-refractivity contribution in [2.45, 2.75) is 36.0 Å². The summed E-state index contributed by atoms with van der Waals surface area (Å²) >= 11 is 1.05. The van der Waals surface area contributed by atoms with Gasteiger partial charge in [0.2, 0.25) is 0 Å². The van der Waals surface area contributed by atoms with Crippen LogP contribution in [0.25, 0.3) is 16.7 Å². The number of benzene rings is 2. The average Bonchev–Trinajstić information content (AvgIpc) is 2.92. The highest BCUT2D eigenvalue weighted by Crippen LogP contribution is 2.44. The highest BCUT2D eigenvalue weighted by molar-refractivity contribution is 7.99.